The van der Waals surface area contributed by atoms with Gasteiger partial charge in [-0.15, -0.1) is 5.11 Å². The summed E-state index contributed by atoms with van der Waals surface area (Å²) in [7, 11) is 0. The SMILES string of the molecule is O=C(N=Nc1cccnc1)Nc1ccccc1. The molecule has 84 valence electrons. The lowest BCUT2D eigenvalue weighted by atomic mass is 10.3. The van der Waals surface area contributed by atoms with Crippen LogP contribution < -0.4 is 5.32 Å². The van der Waals surface area contributed by atoms with Crippen LogP contribution in [0.4, 0.5) is 16.2 Å². The van der Waals surface area contributed by atoms with Crippen molar-refractivity contribution in [2.75, 3.05) is 5.32 Å². The number of carbonyl (C=O) groups is 1. The van der Waals surface area contributed by atoms with Gasteiger partial charge in [0, 0.05) is 11.9 Å². The maximum Gasteiger partial charge on any atom is 0.364 e. The van der Waals surface area contributed by atoms with Crippen molar-refractivity contribution in [3.8, 4) is 0 Å². The largest absolute Gasteiger partial charge is 0.364 e. The van der Waals surface area contributed by atoms with Crippen molar-refractivity contribution in [1.29, 1.82) is 0 Å². The Morgan fingerprint density at radius 3 is 2.65 bits per heavy atom. The highest BCUT2D eigenvalue weighted by atomic mass is 16.2. The molecule has 0 saturated carbocycles. The van der Waals surface area contributed by atoms with Crippen LogP contribution in [-0.4, -0.2) is 11.0 Å². The standard InChI is InChI=1S/C12H10N4O/c17-12(14-10-5-2-1-3-6-10)16-15-11-7-4-8-13-9-11/h1-9H,(H,14,17). The molecule has 0 aliphatic carbocycles. The number of azo groups is 1. The maximum atomic E-state index is 11.4. The molecule has 0 spiro atoms. The number of carbonyl (C=O) groups excluding carboxylic acids is 1. The molecule has 5 nitrogen and oxygen atoms in total. The Morgan fingerprint density at radius 1 is 1.12 bits per heavy atom. The normalized spacial score (nSPS) is 10.4. The fourth-order valence-corrected chi connectivity index (χ4v) is 1.19. The number of nitrogens with one attached hydrogen (secondary N) is 1. The first kappa shape index (κ1) is 10.9. The number of amides is 2. The average Bonchev–Trinajstić information content (AvgIpc) is 2.39. The zero-order valence-corrected chi connectivity index (χ0v) is 8.95. The lowest BCUT2D eigenvalue weighted by Crippen LogP contribution is -2.04. The van der Waals surface area contributed by atoms with E-state index >= 15 is 0 Å². The lowest BCUT2D eigenvalue weighted by Gasteiger charge is -1.98. The fourth-order valence-electron chi connectivity index (χ4n) is 1.19. The molecule has 2 amide bonds. The van der Waals surface area contributed by atoms with Gasteiger partial charge in [-0.2, -0.15) is 0 Å². The molecule has 0 aliphatic rings. The zero-order valence-electron chi connectivity index (χ0n) is 8.95. The summed E-state index contributed by atoms with van der Waals surface area (Å²) in [6.45, 7) is 0. The summed E-state index contributed by atoms with van der Waals surface area (Å²) >= 11 is 0. The van der Waals surface area contributed by atoms with Crippen molar-refractivity contribution in [2.45, 2.75) is 0 Å². The van der Waals surface area contributed by atoms with Crippen molar-refractivity contribution in [3.05, 3.63) is 54.9 Å². The molecule has 0 saturated heterocycles. The average molecular weight is 226 g/mol. The zero-order chi connectivity index (χ0) is 11.9. The number of aromatic nitrogens is 1. The summed E-state index contributed by atoms with van der Waals surface area (Å²) in [4.78, 5) is 15.3. The molecule has 0 bridgehead atoms. The molecule has 2 rings (SSSR count). The summed E-state index contributed by atoms with van der Waals surface area (Å²) in [6, 6.07) is 12.0. The monoisotopic (exact) mass is 226 g/mol. The van der Waals surface area contributed by atoms with Crippen LogP contribution in [0.1, 0.15) is 0 Å². The minimum atomic E-state index is -0.514. The quantitative estimate of drug-likeness (QED) is 0.797. The van der Waals surface area contributed by atoms with Crippen LogP contribution in [0.3, 0.4) is 0 Å². The first-order chi connectivity index (χ1) is 8.34. The second-order valence-corrected chi connectivity index (χ2v) is 3.21. The summed E-state index contributed by atoms with van der Waals surface area (Å²) in [6.07, 6.45) is 3.16. The second kappa shape index (κ2) is 5.50. The molecule has 0 aliphatic heterocycles. The van der Waals surface area contributed by atoms with Gasteiger partial charge in [0.15, 0.2) is 0 Å². The van der Waals surface area contributed by atoms with E-state index in [9.17, 15) is 4.79 Å². The van der Waals surface area contributed by atoms with Crippen LogP contribution >= 0.6 is 0 Å². The highest BCUT2D eigenvalue weighted by Gasteiger charge is 1.98. The molecule has 2 aromatic rings. The molecule has 1 heterocycles. The molecule has 0 atom stereocenters. The molecule has 0 unspecified atom stereocenters. The fraction of sp³-hybridized carbons (Fsp3) is 0. The van der Waals surface area contributed by atoms with E-state index in [2.05, 4.69) is 20.5 Å². The highest BCUT2D eigenvalue weighted by molar-refractivity contribution is 5.89. The van der Waals surface area contributed by atoms with Crippen molar-refractivity contribution >= 4 is 17.4 Å². The number of benzene rings is 1. The van der Waals surface area contributed by atoms with E-state index in [4.69, 9.17) is 0 Å². The van der Waals surface area contributed by atoms with E-state index in [1.165, 1.54) is 6.20 Å². The number of para-hydroxylation sites is 1. The van der Waals surface area contributed by atoms with E-state index in [-0.39, 0.29) is 0 Å². The predicted octanol–water partition coefficient (Wildman–Crippen LogP) is 3.40. The smallest absolute Gasteiger partial charge is 0.305 e. The Kier molecular flexibility index (Phi) is 3.54. The third kappa shape index (κ3) is 3.49. The Balaban J connectivity index is 1.96. The molecular formula is C12H10N4O. The van der Waals surface area contributed by atoms with Gasteiger partial charge in [-0.05, 0) is 24.3 Å². The number of pyridine rings is 1. The third-order valence-electron chi connectivity index (χ3n) is 1.93. The Bertz CT molecular complexity index is 511. The van der Waals surface area contributed by atoms with Crippen LogP contribution in [0.25, 0.3) is 0 Å². The van der Waals surface area contributed by atoms with Crippen LogP contribution in [0.15, 0.2) is 65.1 Å². The summed E-state index contributed by atoms with van der Waals surface area (Å²) in [5.41, 5.74) is 1.22. The molecule has 1 aromatic carbocycles. The maximum absolute atomic E-state index is 11.4. The van der Waals surface area contributed by atoms with Crippen LogP contribution in [-0.2, 0) is 0 Å². The van der Waals surface area contributed by atoms with Gasteiger partial charge in [0.05, 0.1) is 6.20 Å². The summed E-state index contributed by atoms with van der Waals surface area (Å²) in [5, 5.41) is 9.87. The topological polar surface area (TPSA) is 66.7 Å². The number of nitrogens with zero attached hydrogens (tertiary/aromatic N) is 3. The van der Waals surface area contributed by atoms with Gasteiger partial charge in [0.2, 0.25) is 0 Å². The van der Waals surface area contributed by atoms with Gasteiger partial charge in [0.25, 0.3) is 0 Å². The van der Waals surface area contributed by atoms with Gasteiger partial charge >= 0.3 is 6.03 Å². The Labute approximate surface area is 98.2 Å². The number of rotatable bonds is 2. The van der Waals surface area contributed by atoms with Crippen molar-refractivity contribution < 1.29 is 4.79 Å². The lowest BCUT2D eigenvalue weighted by molar-refractivity contribution is 0.258. The van der Waals surface area contributed by atoms with Gasteiger partial charge in [-0.1, -0.05) is 23.3 Å². The minimum Gasteiger partial charge on any atom is -0.305 e. The predicted molar refractivity (Wildman–Crippen MR) is 64.2 cm³/mol. The van der Waals surface area contributed by atoms with Gasteiger partial charge in [-0.25, -0.2) is 4.79 Å². The number of anilines is 1. The molecule has 17 heavy (non-hydrogen) atoms. The van der Waals surface area contributed by atoms with E-state index in [1.54, 1.807) is 30.5 Å². The molecule has 0 fully saturated rings. The molecule has 1 aromatic heterocycles. The van der Waals surface area contributed by atoms with Crippen LogP contribution in [0, 0.1) is 0 Å². The Hall–Kier alpha value is -2.56. The van der Waals surface area contributed by atoms with Gasteiger partial charge in [0.1, 0.15) is 5.69 Å². The van der Waals surface area contributed by atoms with Gasteiger partial charge in [-0.3, -0.25) is 4.98 Å². The van der Waals surface area contributed by atoms with Gasteiger partial charge < -0.3 is 5.32 Å². The highest BCUT2D eigenvalue weighted by Crippen LogP contribution is 2.09. The first-order valence-corrected chi connectivity index (χ1v) is 5.02. The third-order valence-corrected chi connectivity index (χ3v) is 1.93. The van der Waals surface area contributed by atoms with Crippen molar-refractivity contribution in [2.24, 2.45) is 10.2 Å². The first-order valence-electron chi connectivity index (χ1n) is 5.02. The Morgan fingerprint density at radius 2 is 1.94 bits per heavy atom. The number of hydrogen-bond donors (Lipinski definition) is 1. The minimum absolute atomic E-state index is 0.514. The van der Waals surface area contributed by atoms with Crippen LogP contribution in [0.5, 0.6) is 0 Å². The van der Waals surface area contributed by atoms with E-state index < -0.39 is 6.03 Å². The molecule has 0 radical (unpaired) electrons. The summed E-state index contributed by atoms with van der Waals surface area (Å²) < 4.78 is 0. The van der Waals surface area contributed by atoms with Crippen molar-refractivity contribution in [3.63, 3.8) is 0 Å². The number of urea groups is 1. The van der Waals surface area contributed by atoms with Crippen LogP contribution in [0.2, 0.25) is 0 Å². The van der Waals surface area contributed by atoms with Crippen molar-refractivity contribution in [1.82, 2.24) is 4.98 Å². The molecule has 1 N–H and O–H groups in total. The molecular weight excluding hydrogens is 216 g/mol. The second-order valence-electron chi connectivity index (χ2n) is 3.21. The molecule has 5 heteroatoms. The van der Waals surface area contributed by atoms with E-state index in [1.807, 2.05) is 18.2 Å². The number of hydrogen-bond acceptors (Lipinski definition) is 3. The van der Waals surface area contributed by atoms with E-state index in [0.717, 1.165) is 0 Å². The summed E-state index contributed by atoms with van der Waals surface area (Å²) in [5.74, 6) is 0. The van der Waals surface area contributed by atoms with E-state index in [0.29, 0.717) is 11.4 Å².